The van der Waals surface area contributed by atoms with Crippen molar-refractivity contribution in [1.29, 1.82) is 0 Å². The summed E-state index contributed by atoms with van der Waals surface area (Å²) in [6, 6.07) is 12.5. The van der Waals surface area contributed by atoms with Crippen molar-refractivity contribution >= 4 is 17.6 Å². The summed E-state index contributed by atoms with van der Waals surface area (Å²) in [5, 5.41) is 9.40. The number of rotatable bonds is 6. The smallest absolute Gasteiger partial charge is 0.307 e. The van der Waals surface area contributed by atoms with E-state index in [2.05, 4.69) is 0 Å². The first-order valence-corrected chi connectivity index (χ1v) is 6.72. The standard InChI is InChI=1S/C16H15ClO4/c1-20-14-5-2-11(3-6-14)10-21-15-7-4-13(17)8-12(15)9-16(18)19/h2-8H,9-10H2,1H3,(H,18,19). The van der Waals surface area contributed by atoms with E-state index in [0.29, 0.717) is 22.9 Å². The first-order chi connectivity index (χ1) is 10.1. The first kappa shape index (κ1) is 15.2. The highest BCUT2D eigenvalue weighted by Gasteiger charge is 2.09. The van der Waals surface area contributed by atoms with Crippen molar-refractivity contribution in [3.8, 4) is 11.5 Å². The molecule has 0 heterocycles. The van der Waals surface area contributed by atoms with Gasteiger partial charge in [-0.25, -0.2) is 0 Å². The Balaban J connectivity index is 2.09. The van der Waals surface area contributed by atoms with Crippen LogP contribution in [0.15, 0.2) is 42.5 Å². The molecule has 0 saturated heterocycles. The average Bonchev–Trinajstić information content (AvgIpc) is 2.46. The molecule has 110 valence electrons. The van der Waals surface area contributed by atoms with Crippen LogP contribution in [0.1, 0.15) is 11.1 Å². The maximum absolute atomic E-state index is 10.9. The van der Waals surface area contributed by atoms with Gasteiger partial charge in [0.25, 0.3) is 0 Å². The Hall–Kier alpha value is -2.20. The number of hydrogen-bond donors (Lipinski definition) is 1. The van der Waals surface area contributed by atoms with Crippen LogP contribution in [0, 0.1) is 0 Å². The molecule has 4 nitrogen and oxygen atoms in total. The summed E-state index contributed by atoms with van der Waals surface area (Å²) in [5.41, 5.74) is 1.52. The van der Waals surface area contributed by atoms with Crippen molar-refractivity contribution in [3.63, 3.8) is 0 Å². The number of ether oxygens (including phenoxy) is 2. The second-order valence-electron chi connectivity index (χ2n) is 4.46. The van der Waals surface area contributed by atoms with E-state index in [0.717, 1.165) is 11.3 Å². The molecule has 0 unspecified atom stereocenters. The second kappa shape index (κ2) is 6.99. The van der Waals surface area contributed by atoms with E-state index in [4.69, 9.17) is 26.2 Å². The van der Waals surface area contributed by atoms with Crippen molar-refractivity contribution in [2.75, 3.05) is 7.11 Å². The highest BCUT2D eigenvalue weighted by Crippen LogP contribution is 2.24. The van der Waals surface area contributed by atoms with Gasteiger partial charge in [0.2, 0.25) is 0 Å². The number of methoxy groups -OCH3 is 1. The Morgan fingerprint density at radius 3 is 2.52 bits per heavy atom. The van der Waals surface area contributed by atoms with Crippen LogP contribution in [0.4, 0.5) is 0 Å². The topological polar surface area (TPSA) is 55.8 Å². The molecule has 5 heteroatoms. The van der Waals surface area contributed by atoms with Crippen molar-refractivity contribution in [2.45, 2.75) is 13.0 Å². The molecule has 1 N–H and O–H groups in total. The molecule has 21 heavy (non-hydrogen) atoms. The summed E-state index contributed by atoms with van der Waals surface area (Å²) in [7, 11) is 1.61. The number of carboxylic acids is 1. The third-order valence-corrected chi connectivity index (χ3v) is 3.15. The predicted molar refractivity (Wildman–Crippen MR) is 80.1 cm³/mol. The average molecular weight is 307 g/mol. The molecule has 0 aliphatic carbocycles. The zero-order valence-corrected chi connectivity index (χ0v) is 12.3. The van der Waals surface area contributed by atoms with Crippen LogP contribution in [0.5, 0.6) is 11.5 Å². The molecule has 0 amide bonds. The lowest BCUT2D eigenvalue weighted by atomic mass is 10.1. The van der Waals surface area contributed by atoms with Crippen LogP contribution in [0.25, 0.3) is 0 Å². The monoisotopic (exact) mass is 306 g/mol. The lowest BCUT2D eigenvalue weighted by Gasteiger charge is -2.11. The van der Waals surface area contributed by atoms with Gasteiger partial charge in [0, 0.05) is 10.6 Å². The van der Waals surface area contributed by atoms with Gasteiger partial charge >= 0.3 is 5.97 Å². The van der Waals surface area contributed by atoms with Crippen LogP contribution in [-0.2, 0) is 17.8 Å². The van der Waals surface area contributed by atoms with Crippen LogP contribution < -0.4 is 9.47 Å². The minimum Gasteiger partial charge on any atom is -0.497 e. The Bertz CT molecular complexity index is 623. The molecule has 0 fully saturated rings. The fraction of sp³-hybridized carbons (Fsp3) is 0.188. The van der Waals surface area contributed by atoms with E-state index < -0.39 is 5.97 Å². The van der Waals surface area contributed by atoms with Crippen LogP contribution in [0.2, 0.25) is 5.02 Å². The number of carboxylic acid groups (broad SMARTS) is 1. The van der Waals surface area contributed by atoms with Gasteiger partial charge < -0.3 is 14.6 Å². The number of carbonyl (C=O) groups is 1. The van der Waals surface area contributed by atoms with Gasteiger partial charge in [-0.3, -0.25) is 4.79 Å². The lowest BCUT2D eigenvalue weighted by Crippen LogP contribution is -2.04. The van der Waals surface area contributed by atoms with Crippen molar-refractivity contribution in [3.05, 3.63) is 58.6 Å². The SMILES string of the molecule is COc1ccc(COc2ccc(Cl)cc2CC(=O)O)cc1. The fourth-order valence-electron chi connectivity index (χ4n) is 1.87. The predicted octanol–water partition coefficient (Wildman–Crippen LogP) is 3.55. The fourth-order valence-corrected chi connectivity index (χ4v) is 2.07. The molecule has 2 aromatic rings. The molecule has 0 spiro atoms. The van der Waals surface area contributed by atoms with Crippen LogP contribution in [-0.4, -0.2) is 18.2 Å². The van der Waals surface area contributed by atoms with Gasteiger partial charge in [-0.05, 0) is 35.9 Å². The Labute approximate surface area is 127 Å². The molecule has 0 bridgehead atoms. The zero-order valence-electron chi connectivity index (χ0n) is 11.5. The summed E-state index contributed by atoms with van der Waals surface area (Å²) in [6.07, 6.45) is -0.126. The second-order valence-corrected chi connectivity index (χ2v) is 4.90. The summed E-state index contributed by atoms with van der Waals surface area (Å²) in [4.78, 5) is 10.9. The van der Waals surface area contributed by atoms with Gasteiger partial charge in [-0.1, -0.05) is 23.7 Å². The molecule has 0 aromatic heterocycles. The number of aliphatic carboxylic acids is 1. The quantitative estimate of drug-likeness (QED) is 0.886. The largest absolute Gasteiger partial charge is 0.497 e. The van der Waals surface area contributed by atoms with Gasteiger partial charge in [0.1, 0.15) is 18.1 Å². The summed E-state index contributed by atoms with van der Waals surface area (Å²) >= 11 is 5.89. The van der Waals surface area contributed by atoms with Gasteiger partial charge in [0.05, 0.1) is 13.5 Å². The molecule has 0 atom stereocenters. The van der Waals surface area contributed by atoms with Gasteiger partial charge in [0.15, 0.2) is 0 Å². The molecular formula is C16H15ClO4. The van der Waals surface area contributed by atoms with Crippen molar-refractivity contribution in [1.82, 2.24) is 0 Å². The number of benzene rings is 2. The Morgan fingerprint density at radius 2 is 1.90 bits per heavy atom. The van der Waals surface area contributed by atoms with E-state index in [1.165, 1.54) is 0 Å². The third-order valence-electron chi connectivity index (χ3n) is 2.92. The summed E-state index contributed by atoms with van der Waals surface area (Å²) in [5.74, 6) is 0.376. The molecule has 0 saturated carbocycles. The van der Waals surface area contributed by atoms with Crippen molar-refractivity contribution in [2.24, 2.45) is 0 Å². The molecule has 0 aliphatic rings. The Kier molecular flexibility index (Phi) is 5.06. The molecule has 0 radical (unpaired) electrons. The maximum Gasteiger partial charge on any atom is 0.307 e. The lowest BCUT2D eigenvalue weighted by molar-refractivity contribution is -0.136. The molecule has 2 aromatic carbocycles. The summed E-state index contributed by atoms with van der Waals surface area (Å²) < 4.78 is 10.8. The maximum atomic E-state index is 10.9. The van der Waals surface area contributed by atoms with E-state index in [1.807, 2.05) is 24.3 Å². The van der Waals surface area contributed by atoms with Crippen molar-refractivity contribution < 1.29 is 19.4 Å². The van der Waals surface area contributed by atoms with E-state index in [1.54, 1.807) is 25.3 Å². The minimum atomic E-state index is -0.924. The van der Waals surface area contributed by atoms with E-state index in [-0.39, 0.29) is 6.42 Å². The molecule has 2 rings (SSSR count). The van der Waals surface area contributed by atoms with E-state index in [9.17, 15) is 4.79 Å². The van der Waals surface area contributed by atoms with Crippen LogP contribution >= 0.6 is 11.6 Å². The summed E-state index contributed by atoms with van der Waals surface area (Å²) in [6.45, 7) is 0.345. The van der Waals surface area contributed by atoms with Crippen LogP contribution in [0.3, 0.4) is 0 Å². The highest BCUT2D eigenvalue weighted by molar-refractivity contribution is 6.30. The normalized spacial score (nSPS) is 10.2. The van der Waals surface area contributed by atoms with Gasteiger partial charge in [-0.2, -0.15) is 0 Å². The molecular weight excluding hydrogens is 292 g/mol. The third kappa shape index (κ3) is 4.39. The number of hydrogen-bond acceptors (Lipinski definition) is 3. The Morgan fingerprint density at radius 1 is 1.19 bits per heavy atom. The van der Waals surface area contributed by atoms with E-state index >= 15 is 0 Å². The minimum absolute atomic E-state index is 0.126. The first-order valence-electron chi connectivity index (χ1n) is 6.34. The zero-order chi connectivity index (χ0) is 15.2. The highest BCUT2D eigenvalue weighted by atomic mass is 35.5. The van der Waals surface area contributed by atoms with Gasteiger partial charge in [-0.15, -0.1) is 0 Å². The number of halogens is 1. The molecule has 0 aliphatic heterocycles.